The van der Waals surface area contributed by atoms with Gasteiger partial charge in [0.05, 0.1) is 38.8 Å². The molecule has 4 N–H and O–H groups in total. The van der Waals surface area contributed by atoms with Gasteiger partial charge in [-0.15, -0.1) is 0 Å². The summed E-state index contributed by atoms with van der Waals surface area (Å²) in [7, 11) is 0. The fraction of sp³-hybridized carbons (Fsp3) is 0.895. The SMILES string of the molecule is CCCCCCCCCCCCCCCCCCCCC=CC(CC(=O)OCCN(CCO)CCO)C(=O)OCCN(CCO)CCO. The van der Waals surface area contributed by atoms with Gasteiger partial charge >= 0.3 is 11.9 Å². The maximum atomic E-state index is 12.9. The van der Waals surface area contributed by atoms with Gasteiger partial charge in [0.15, 0.2) is 0 Å². The summed E-state index contributed by atoms with van der Waals surface area (Å²) in [5.41, 5.74) is 0. The van der Waals surface area contributed by atoms with Crippen LogP contribution in [-0.4, -0.2) is 121 Å². The number of carbonyl (C=O) groups is 2. The van der Waals surface area contributed by atoms with Gasteiger partial charge in [0.2, 0.25) is 0 Å². The zero-order valence-electron chi connectivity index (χ0n) is 30.7. The average molecular weight is 687 g/mol. The predicted molar refractivity (Wildman–Crippen MR) is 194 cm³/mol. The molecule has 0 aliphatic rings. The van der Waals surface area contributed by atoms with Gasteiger partial charge in [-0.3, -0.25) is 19.4 Å². The molecule has 0 bridgehead atoms. The molecule has 284 valence electrons. The minimum atomic E-state index is -0.761. The van der Waals surface area contributed by atoms with Crippen molar-refractivity contribution in [1.29, 1.82) is 0 Å². The molecule has 1 unspecified atom stereocenters. The lowest BCUT2D eigenvalue weighted by Gasteiger charge is -2.21. The Morgan fingerprint density at radius 2 is 0.917 bits per heavy atom. The van der Waals surface area contributed by atoms with Gasteiger partial charge in [-0.2, -0.15) is 0 Å². The summed E-state index contributed by atoms with van der Waals surface area (Å²) in [6.45, 7) is 4.48. The molecule has 0 rings (SSSR count). The molecule has 1 atom stereocenters. The van der Waals surface area contributed by atoms with Crippen LogP contribution >= 0.6 is 0 Å². The molecule has 10 nitrogen and oxygen atoms in total. The van der Waals surface area contributed by atoms with E-state index in [1.165, 1.54) is 103 Å². The van der Waals surface area contributed by atoms with Crippen LogP contribution in [0.3, 0.4) is 0 Å². The highest BCUT2D eigenvalue weighted by Crippen LogP contribution is 2.16. The molecule has 0 amide bonds. The van der Waals surface area contributed by atoms with Crippen LogP contribution in [0.25, 0.3) is 0 Å². The van der Waals surface area contributed by atoms with Crippen LogP contribution in [0.5, 0.6) is 0 Å². The maximum Gasteiger partial charge on any atom is 0.313 e. The smallest absolute Gasteiger partial charge is 0.313 e. The molecule has 10 heteroatoms. The van der Waals surface area contributed by atoms with Crippen molar-refractivity contribution in [3.05, 3.63) is 12.2 Å². The first-order valence-electron chi connectivity index (χ1n) is 19.4. The molecule has 0 fully saturated rings. The van der Waals surface area contributed by atoms with Gasteiger partial charge in [-0.05, 0) is 12.8 Å². The topological polar surface area (TPSA) is 140 Å². The Morgan fingerprint density at radius 3 is 1.31 bits per heavy atom. The molecule has 0 spiro atoms. The number of unbranched alkanes of at least 4 members (excludes halogenated alkanes) is 18. The van der Waals surface area contributed by atoms with E-state index in [0.29, 0.717) is 39.3 Å². The van der Waals surface area contributed by atoms with Crippen LogP contribution in [0.2, 0.25) is 0 Å². The lowest BCUT2D eigenvalue weighted by Crippen LogP contribution is -2.34. The molecule has 0 heterocycles. The number of allylic oxidation sites excluding steroid dienone is 1. The summed E-state index contributed by atoms with van der Waals surface area (Å²) in [4.78, 5) is 29.1. The number of nitrogens with zero attached hydrogens (tertiary/aromatic N) is 2. The largest absolute Gasteiger partial charge is 0.464 e. The number of ether oxygens (including phenoxy) is 2. The van der Waals surface area contributed by atoms with Crippen LogP contribution in [0.4, 0.5) is 0 Å². The first-order chi connectivity index (χ1) is 23.5. The zero-order chi connectivity index (χ0) is 35.3. The fourth-order valence-electron chi connectivity index (χ4n) is 5.80. The minimum Gasteiger partial charge on any atom is -0.464 e. The number of hydrogen-bond acceptors (Lipinski definition) is 10. The number of esters is 2. The van der Waals surface area contributed by atoms with Crippen molar-refractivity contribution in [3.8, 4) is 0 Å². The van der Waals surface area contributed by atoms with Crippen LogP contribution < -0.4 is 0 Å². The van der Waals surface area contributed by atoms with E-state index in [2.05, 4.69) is 6.92 Å². The molecular formula is C38H74N2O8. The second kappa shape index (κ2) is 36.7. The van der Waals surface area contributed by atoms with E-state index in [0.717, 1.165) is 19.3 Å². The quantitative estimate of drug-likeness (QED) is 0.0369. The second-order valence-electron chi connectivity index (χ2n) is 13.0. The van der Waals surface area contributed by atoms with Crippen molar-refractivity contribution in [2.75, 3.05) is 78.9 Å². The highest BCUT2D eigenvalue weighted by Gasteiger charge is 2.22. The third kappa shape index (κ3) is 30.5. The number of carbonyl (C=O) groups excluding carboxylic acids is 2. The summed E-state index contributed by atoms with van der Waals surface area (Å²) in [5, 5.41) is 36.7. The molecule has 0 aromatic rings. The molecule has 0 aliphatic carbocycles. The Hall–Kier alpha value is -1.56. The predicted octanol–water partition coefficient (Wildman–Crippen LogP) is 5.64. The Labute approximate surface area is 293 Å². The van der Waals surface area contributed by atoms with Crippen molar-refractivity contribution in [3.63, 3.8) is 0 Å². The monoisotopic (exact) mass is 687 g/mol. The van der Waals surface area contributed by atoms with Crippen molar-refractivity contribution < 1.29 is 39.5 Å². The van der Waals surface area contributed by atoms with E-state index in [4.69, 9.17) is 19.7 Å². The zero-order valence-corrected chi connectivity index (χ0v) is 30.7. The van der Waals surface area contributed by atoms with E-state index < -0.39 is 17.9 Å². The first kappa shape index (κ1) is 46.4. The molecule has 0 aromatic carbocycles. The van der Waals surface area contributed by atoms with Crippen LogP contribution in [0.15, 0.2) is 12.2 Å². The van der Waals surface area contributed by atoms with Gasteiger partial charge in [0, 0.05) is 39.3 Å². The van der Waals surface area contributed by atoms with Crippen molar-refractivity contribution >= 4 is 11.9 Å². The van der Waals surface area contributed by atoms with E-state index >= 15 is 0 Å². The van der Waals surface area contributed by atoms with Gasteiger partial charge < -0.3 is 29.9 Å². The molecular weight excluding hydrogens is 612 g/mol. The van der Waals surface area contributed by atoms with Crippen molar-refractivity contribution in [1.82, 2.24) is 9.80 Å². The highest BCUT2D eigenvalue weighted by molar-refractivity contribution is 5.81. The summed E-state index contributed by atoms with van der Waals surface area (Å²) < 4.78 is 10.8. The number of aliphatic hydroxyl groups is 4. The Balaban J connectivity index is 4.33. The third-order valence-corrected chi connectivity index (χ3v) is 8.77. The molecule has 0 saturated heterocycles. The van der Waals surface area contributed by atoms with Crippen LogP contribution in [0, 0.1) is 5.92 Å². The van der Waals surface area contributed by atoms with Crippen LogP contribution in [-0.2, 0) is 19.1 Å². The van der Waals surface area contributed by atoms with Crippen LogP contribution in [0.1, 0.15) is 135 Å². The molecule has 0 aliphatic heterocycles. The summed E-state index contributed by atoms with van der Waals surface area (Å²) in [6, 6.07) is 0. The Morgan fingerprint density at radius 1 is 0.542 bits per heavy atom. The van der Waals surface area contributed by atoms with Gasteiger partial charge in [0.25, 0.3) is 0 Å². The summed E-state index contributed by atoms with van der Waals surface area (Å²) in [6.07, 6.45) is 28.4. The van der Waals surface area contributed by atoms with E-state index in [9.17, 15) is 19.8 Å². The first-order valence-corrected chi connectivity index (χ1v) is 19.4. The lowest BCUT2D eigenvalue weighted by atomic mass is 10.0. The number of rotatable bonds is 37. The van der Waals surface area contributed by atoms with E-state index in [1.807, 2.05) is 6.08 Å². The average Bonchev–Trinajstić information content (AvgIpc) is 3.07. The third-order valence-electron chi connectivity index (χ3n) is 8.77. The second-order valence-corrected chi connectivity index (χ2v) is 13.0. The minimum absolute atomic E-state index is 0.0554. The molecule has 0 saturated carbocycles. The normalized spacial score (nSPS) is 12.4. The van der Waals surface area contributed by atoms with Gasteiger partial charge in [-0.25, -0.2) is 0 Å². The maximum absolute atomic E-state index is 12.9. The standard InChI is InChI=1S/C38H74N2O8/c1-2-3-4-5-6-7-8-9-10-11-12-13-14-15-16-17-18-19-20-21-22-36(38(46)48-34-28-40(25-31-43)26-32-44)35-37(45)47-33-27-39(23-29-41)24-30-42/h21-22,36,41-44H,2-20,23-35H2,1H3. The lowest BCUT2D eigenvalue weighted by molar-refractivity contribution is -0.154. The fourth-order valence-corrected chi connectivity index (χ4v) is 5.80. The molecule has 48 heavy (non-hydrogen) atoms. The van der Waals surface area contributed by atoms with E-state index in [-0.39, 0.29) is 46.1 Å². The van der Waals surface area contributed by atoms with Crippen molar-refractivity contribution in [2.24, 2.45) is 5.92 Å². The van der Waals surface area contributed by atoms with Gasteiger partial charge in [-0.1, -0.05) is 128 Å². The highest BCUT2D eigenvalue weighted by atomic mass is 16.5. The number of aliphatic hydroxyl groups excluding tert-OH is 4. The van der Waals surface area contributed by atoms with Gasteiger partial charge in [0.1, 0.15) is 13.2 Å². The summed E-state index contributed by atoms with van der Waals surface area (Å²) >= 11 is 0. The van der Waals surface area contributed by atoms with Crippen molar-refractivity contribution in [2.45, 2.75) is 135 Å². The Bertz CT molecular complexity index is 727. The molecule has 0 aromatic heterocycles. The molecule has 0 radical (unpaired) electrons. The Kier molecular flexibility index (Phi) is 35.5. The number of hydrogen-bond donors (Lipinski definition) is 4. The van der Waals surface area contributed by atoms with E-state index in [1.54, 1.807) is 15.9 Å². The summed E-state index contributed by atoms with van der Waals surface area (Å²) in [5.74, 6) is -1.77.